The molecule has 20 heavy (non-hydrogen) atoms. The Morgan fingerprint density at radius 1 is 1.30 bits per heavy atom. The van der Waals surface area contributed by atoms with Crippen LogP contribution in [0.3, 0.4) is 0 Å². The van der Waals surface area contributed by atoms with E-state index in [9.17, 15) is 8.42 Å². The maximum Gasteiger partial charge on any atom is 0.258 e. The molecule has 108 valence electrons. The fourth-order valence-corrected chi connectivity index (χ4v) is 2.58. The Morgan fingerprint density at radius 2 is 2.15 bits per heavy atom. The van der Waals surface area contributed by atoms with E-state index in [0.717, 1.165) is 11.4 Å². The summed E-state index contributed by atoms with van der Waals surface area (Å²) in [6.07, 6.45) is 4.13. The molecule has 0 saturated carbocycles. The summed E-state index contributed by atoms with van der Waals surface area (Å²) in [5.41, 5.74) is 6.22. The third-order valence-corrected chi connectivity index (χ3v) is 4.03. The first-order valence-corrected chi connectivity index (χ1v) is 7.59. The van der Waals surface area contributed by atoms with Gasteiger partial charge in [-0.1, -0.05) is 6.07 Å². The average molecular weight is 296 g/mol. The van der Waals surface area contributed by atoms with E-state index in [4.69, 9.17) is 5.73 Å². The number of hydrogen-bond acceptors (Lipinski definition) is 6. The van der Waals surface area contributed by atoms with Crippen molar-refractivity contribution in [3.05, 3.63) is 36.0 Å². The molecule has 2 aromatic rings. The number of rotatable bonds is 7. The molecule has 8 nitrogen and oxygen atoms in total. The lowest BCUT2D eigenvalue weighted by molar-refractivity contribution is 0.574. The van der Waals surface area contributed by atoms with E-state index in [1.54, 1.807) is 6.07 Å². The summed E-state index contributed by atoms with van der Waals surface area (Å²) in [6, 6.07) is 3.09. The van der Waals surface area contributed by atoms with Crippen molar-refractivity contribution in [2.24, 2.45) is 5.73 Å². The Labute approximate surface area is 116 Å². The molecule has 4 N–H and O–H groups in total. The first kappa shape index (κ1) is 14.6. The highest BCUT2D eigenvalue weighted by atomic mass is 32.2. The molecule has 2 aromatic heterocycles. The second kappa shape index (κ2) is 6.55. The van der Waals surface area contributed by atoms with Crippen molar-refractivity contribution >= 4 is 10.0 Å². The smallest absolute Gasteiger partial charge is 0.258 e. The first-order valence-electron chi connectivity index (χ1n) is 6.11. The number of aryl methyl sites for hydroxylation is 1. The Balaban J connectivity index is 1.86. The van der Waals surface area contributed by atoms with E-state index in [0.29, 0.717) is 25.9 Å². The molecule has 9 heteroatoms. The van der Waals surface area contributed by atoms with Crippen LogP contribution in [0.5, 0.6) is 0 Å². The summed E-state index contributed by atoms with van der Waals surface area (Å²) >= 11 is 0. The molecular formula is C11H16N6O2S. The average Bonchev–Trinajstić information content (AvgIpc) is 2.97. The fourth-order valence-electron chi connectivity index (χ4n) is 1.58. The minimum atomic E-state index is -3.57. The topological polar surface area (TPSA) is 127 Å². The van der Waals surface area contributed by atoms with Crippen molar-refractivity contribution in [1.82, 2.24) is 24.9 Å². The Bertz CT molecular complexity index is 623. The molecule has 0 bridgehead atoms. The summed E-state index contributed by atoms with van der Waals surface area (Å²) in [4.78, 5) is 7.85. The van der Waals surface area contributed by atoms with Crippen LogP contribution in [0, 0.1) is 0 Å². The monoisotopic (exact) mass is 296 g/mol. The minimum Gasteiger partial charge on any atom is -0.326 e. The van der Waals surface area contributed by atoms with Gasteiger partial charge in [-0.05, 0) is 18.1 Å². The Hall–Kier alpha value is -1.84. The van der Waals surface area contributed by atoms with Crippen molar-refractivity contribution in [2.75, 3.05) is 6.54 Å². The number of H-pyrrole nitrogens is 1. The summed E-state index contributed by atoms with van der Waals surface area (Å²) in [5.74, 6) is 0.731. The molecule has 0 spiro atoms. The van der Waals surface area contributed by atoms with Crippen LogP contribution in [-0.2, 0) is 23.0 Å². The van der Waals surface area contributed by atoms with Gasteiger partial charge in [-0.25, -0.2) is 23.1 Å². The van der Waals surface area contributed by atoms with E-state index in [1.165, 1.54) is 18.6 Å². The van der Waals surface area contributed by atoms with Gasteiger partial charge in [-0.3, -0.25) is 5.10 Å². The van der Waals surface area contributed by atoms with Crippen LogP contribution in [0.25, 0.3) is 0 Å². The van der Waals surface area contributed by atoms with Gasteiger partial charge in [0.05, 0.1) is 0 Å². The molecule has 0 unspecified atom stereocenters. The molecular weight excluding hydrogens is 280 g/mol. The molecule has 0 saturated heterocycles. The molecule has 0 radical (unpaired) electrons. The predicted octanol–water partition coefficient (Wildman–Crippen LogP) is -0.430. The van der Waals surface area contributed by atoms with Crippen LogP contribution in [0.2, 0.25) is 0 Å². The molecule has 2 heterocycles. The van der Waals surface area contributed by atoms with Gasteiger partial charge in [0.1, 0.15) is 12.2 Å². The van der Waals surface area contributed by atoms with Crippen LogP contribution < -0.4 is 10.5 Å². The largest absolute Gasteiger partial charge is 0.326 e. The number of nitrogens with two attached hydrogens (primary N) is 1. The van der Waals surface area contributed by atoms with Gasteiger partial charge in [0.25, 0.3) is 10.0 Å². The lowest BCUT2D eigenvalue weighted by Crippen LogP contribution is -2.26. The zero-order valence-corrected chi connectivity index (χ0v) is 11.6. The molecule has 0 fully saturated rings. The molecule has 2 rings (SSSR count). The van der Waals surface area contributed by atoms with Crippen LogP contribution in [-0.4, -0.2) is 35.1 Å². The molecule has 0 aromatic carbocycles. The van der Waals surface area contributed by atoms with Crippen molar-refractivity contribution in [1.29, 1.82) is 0 Å². The molecule has 0 aliphatic carbocycles. The van der Waals surface area contributed by atoms with Crippen LogP contribution in [0.4, 0.5) is 0 Å². The summed E-state index contributed by atoms with van der Waals surface area (Å²) < 4.78 is 26.4. The second-order valence-electron chi connectivity index (χ2n) is 4.14. The highest BCUT2D eigenvalue weighted by molar-refractivity contribution is 7.89. The Kier molecular flexibility index (Phi) is 4.77. The van der Waals surface area contributed by atoms with Gasteiger partial charge in [0.15, 0.2) is 5.03 Å². The normalized spacial score (nSPS) is 11.7. The zero-order valence-electron chi connectivity index (χ0n) is 10.8. The van der Waals surface area contributed by atoms with Crippen molar-refractivity contribution in [3.63, 3.8) is 0 Å². The number of sulfonamides is 1. The lowest BCUT2D eigenvalue weighted by atomic mass is 10.3. The van der Waals surface area contributed by atoms with E-state index in [-0.39, 0.29) is 5.03 Å². The third-order valence-electron chi connectivity index (χ3n) is 2.66. The van der Waals surface area contributed by atoms with Gasteiger partial charge in [-0.15, -0.1) is 0 Å². The van der Waals surface area contributed by atoms with Crippen LogP contribution in [0.15, 0.2) is 29.7 Å². The Morgan fingerprint density at radius 3 is 2.75 bits per heavy atom. The van der Waals surface area contributed by atoms with Gasteiger partial charge in [0, 0.05) is 25.7 Å². The maximum absolute atomic E-state index is 12.0. The number of hydrogen-bond donors (Lipinski definition) is 3. The quantitative estimate of drug-likeness (QED) is 0.595. The molecule has 0 amide bonds. The van der Waals surface area contributed by atoms with Gasteiger partial charge < -0.3 is 5.73 Å². The lowest BCUT2D eigenvalue weighted by Gasteiger charge is -2.06. The zero-order chi connectivity index (χ0) is 14.4. The third kappa shape index (κ3) is 3.83. The highest BCUT2D eigenvalue weighted by Gasteiger charge is 2.14. The highest BCUT2D eigenvalue weighted by Crippen LogP contribution is 2.06. The van der Waals surface area contributed by atoms with E-state index in [2.05, 4.69) is 24.9 Å². The van der Waals surface area contributed by atoms with Crippen molar-refractivity contribution in [3.8, 4) is 0 Å². The number of aromatic amines is 1. The van der Waals surface area contributed by atoms with Gasteiger partial charge in [0.2, 0.25) is 0 Å². The predicted molar refractivity (Wildman–Crippen MR) is 72.0 cm³/mol. The first-order chi connectivity index (χ1) is 9.62. The number of nitrogens with zero attached hydrogens (tertiary/aromatic N) is 3. The van der Waals surface area contributed by atoms with Crippen LogP contribution >= 0.6 is 0 Å². The maximum atomic E-state index is 12.0. The summed E-state index contributed by atoms with van der Waals surface area (Å²) in [7, 11) is -3.57. The summed E-state index contributed by atoms with van der Waals surface area (Å²) in [5, 5.41) is 6.43. The second-order valence-corrected chi connectivity index (χ2v) is 5.86. The van der Waals surface area contributed by atoms with Crippen LogP contribution in [0.1, 0.15) is 17.8 Å². The number of pyridine rings is 1. The van der Waals surface area contributed by atoms with Crippen molar-refractivity contribution in [2.45, 2.75) is 24.4 Å². The van der Waals surface area contributed by atoms with E-state index in [1.807, 2.05) is 0 Å². The molecule has 0 aliphatic heterocycles. The minimum absolute atomic E-state index is 0.00522. The molecule has 0 aliphatic rings. The van der Waals surface area contributed by atoms with E-state index >= 15 is 0 Å². The van der Waals surface area contributed by atoms with E-state index < -0.39 is 10.0 Å². The van der Waals surface area contributed by atoms with Crippen molar-refractivity contribution < 1.29 is 8.42 Å². The SMILES string of the molecule is NCc1ccc(S(=O)(=O)NCCCc2ncn[nH]2)nc1. The fraction of sp³-hybridized carbons (Fsp3) is 0.364. The molecule has 0 atom stereocenters. The van der Waals surface area contributed by atoms with Gasteiger partial charge in [-0.2, -0.15) is 5.10 Å². The number of nitrogens with one attached hydrogen (secondary N) is 2. The standard InChI is InChI=1S/C11H16N6O2S/c12-6-9-3-4-11(13-7-9)20(18,19)16-5-1-2-10-14-8-15-17-10/h3-4,7-8,16H,1-2,5-6,12H2,(H,14,15,17). The summed E-state index contributed by atoms with van der Waals surface area (Å²) in [6.45, 7) is 0.640. The van der Waals surface area contributed by atoms with Gasteiger partial charge >= 0.3 is 0 Å². The number of aromatic nitrogens is 4.